The number of hydrogen-bond acceptors (Lipinski definition) is 0. The number of rotatable bonds is 1. The molecule has 0 unspecified atom stereocenters. The lowest BCUT2D eigenvalue weighted by Gasteiger charge is -1.86. The average Bonchev–Trinajstić information content (AvgIpc) is 1.91. The third kappa shape index (κ3) is 1.73. The van der Waals surface area contributed by atoms with Gasteiger partial charge in [-0.1, -0.05) is 36.4 Å². The highest BCUT2D eigenvalue weighted by Gasteiger charge is 1.78. The van der Waals surface area contributed by atoms with Gasteiger partial charge in [-0.25, -0.2) is 0 Å². The molecule has 45 valence electrons. The Bertz CT molecular complexity index is 184. The molecule has 0 aliphatic heterocycles. The zero-order valence-electron chi connectivity index (χ0n) is 5.46. The number of allylic oxidation sites excluding steroid dienone is 1. The third-order valence-electron chi connectivity index (χ3n) is 1.10. The van der Waals surface area contributed by atoms with E-state index in [1.54, 1.807) is 0 Å². The standard InChI is InChI=1S/C9H9/c1-2-6-9-7-4-3-5-8-9/h2,4-8H,1H3/b6-2-. The Morgan fingerprint density at radius 3 is 2.56 bits per heavy atom. The molecule has 0 atom stereocenters. The van der Waals surface area contributed by atoms with E-state index < -0.39 is 0 Å². The van der Waals surface area contributed by atoms with Gasteiger partial charge in [0.25, 0.3) is 0 Å². The van der Waals surface area contributed by atoms with Gasteiger partial charge < -0.3 is 0 Å². The van der Waals surface area contributed by atoms with Gasteiger partial charge in [0.15, 0.2) is 0 Å². The van der Waals surface area contributed by atoms with E-state index in [0.717, 1.165) is 0 Å². The topological polar surface area (TPSA) is 0 Å². The fourth-order valence-electron chi connectivity index (χ4n) is 0.703. The highest BCUT2D eigenvalue weighted by Crippen LogP contribution is 1.98. The van der Waals surface area contributed by atoms with Crippen LogP contribution in [0.2, 0.25) is 0 Å². The van der Waals surface area contributed by atoms with Crippen LogP contribution in [0.4, 0.5) is 0 Å². The molecule has 1 rings (SSSR count). The van der Waals surface area contributed by atoms with Crippen molar-refractivity contribution >= 4 is 6.08 Å². The summed E-state index contributed by atoms with van der Waals surface area (Å²) < 4.78 is 0. The summed E-state index contributed by atoms with van der Waals surface area (Å²) in [5, 5.41) is 0. The first-order chi connectivity index (χ1) is 4.43. The minimum atomic E-state index is 1.23. The molecule has 1 radical (unpaired) electrons. The van der Waals surface area contributed by atoms with E-state index in [2.05, 4.69) is 12.1 Å². The Morgan fingerprint density at radius 2 is 2.00 bits per heavy atom. The predicted octanol–water partition coefficient (Wildman–Crippen LogP) is 2.52. The summed E-state index contributed by atoms with van der Waals surface area (Å²) in [6.07, 6.45) is 4.09. The molecule has 1 aromatic carbocycles. The van der Waals surface area contributed by atoms with Crippen molar-refractivity contribution in [1.82, 2.24) is 0 Å². The largest absolute Gasteiger partial charge is 0.0871 e. The van der Waals surface area contributed by atoms with Crippen LogP contribution in [0.3, 0.4) is 0 Å². The third-order valence-corrected chi connectivity index (χ3v) is 1.10. The van der Waals surface area contributed by atoms with Crippen molar-refractivity contribution in [2.75, 3.05) is 0 Å². The van der Waals surface area contributed by atoms with Crippen molar-refractivity contribution in [1.29, 1.82) is 0 Å². The summed E-state index contributed by atoms with van der Waals surface area (Å²) in [6.45, 7) is 2.01. The van der Waals surface area contributed by atoms with Gasteiger partial charge >= 0.3 is 0 Å². The van der Waals surface area contributed by atoms with Crippen molar-refractivity contribution < 1.29 is 0 Å². The van der Waals surface area contributed by atoms with Gasteiger partial charge in [0.2, 0.25) is 0 Å². The van der Waals surface area contributed by atoms with E-state index in [4.69, 9.17) is 0 Å². The number of benzene rings is 1. The van der Waals surface area contributed by atoms with E-state index in [1.165, 1.54) is 5.56 Å². The Kier molecular flexibility index (Phi) is 2.08. The first kappa shape index (κ1) is 6.09. The normalized spacial score (nSPS) is 10.3. The SMILES string of the molecule is C/C=C\c1cc[c]cc1. The molecule has 0 bridgehead atoms. The lowest BCUT2D eigenvalue weighted by molar-refractivity contribution is 1.63. The Labute approximate surface area is 55.8 Å². The first-order valence-corrected chi connectivity index (χ1v) is 3.02. The van der Waals surface area contributed by atoms with Gasteiger partial charge in [0, 0.05) is 0 Å². The maximum atomic E-state index is 2.96. The fourth-order valence-corrected chi connectivity index (χ4v) is 0.703. The summed E-state index contributed by atoms with van der Waals surface area (Å²) in [4.78, 5) is 0. The Balaban J connectivity index is 2.85. The number of hydrogen-bond donors (Lipinski definition) is 0. The second kappa shape index (κ2) is 3.08. The van der Waals surface area contributed by atoms with Crippen LogP contribution in [0, 0.1) is 6.07 Å². The monoisotopic (exact) mass is 117 g/mol. The molecule has 0 amide bonds. The molecule has 0 aliphatic carbocycles. The Hall–Kier alpha value is -1.04. The highest BCUT2D eigenvalue weighted by atomic mass is 13.8. The molecule has 0 nitrogen and oxygen atoms in total. The van der Waals surface area contributed by atoms with Gasteiger partial charge in [-0.3, -0.25) is 0 Å². The minimum Gasteiger partial charge on any atom is -0.0871 e. The molecule has 0 spiro atoms. The van der Waals surface area contributed by atoms with Gasteiger partial charge in [-0.05, 0) is 18.6 Å². The molecule has 0 saturated heterocycles. The smallest absolute Gasteiger partial charge is 0.0184 e. The van der Waals surface area contributed by atoms with E-state index in [0.29, 0.717) is 0 Å². The maximum Gasteiger partial charge on any atom is -0.0184 e. The van der Waals surface area contributed by atoms with Crippen LogP contribution < -0.4 is 0 Å². The molecule has 0 saturated carbocycles. The fraction of sp³-hybridized carbons (Fsp3) is 0.111. The van der Waals surface area contributed by atoms with Crippen LogP contribution in [0.25, 0.3) is 6.08 Å². The van der Waals surface area contributed by atoms with Crippen LogP contribution >= 0.6 is 0 Å². The molecule has 0 heteroatoms. The summed E-state index contributed by atoms with van der Waals surface area (Å²) in [5.74, 6) is 0. The van der Waals surface area contributed by atoms with E-state index in [-0.39, 0.29) is 0 Å². The van der Waals surface area contributed by atoms with Crippen LogP contribution in [0.1, 0.15) is 12.5 Å². The first-order valence-electron chi connectivity index (χ1n) is 3.02. The zero-order chi connectivity index (χ0) is 6.53. The molecule has 0 heterocycles. The summed E-state index contributed by atoms with van der Waals surface area (Å²) in [5.41, 5.74) is 1.23. The highest BCUT2D eigenvalue weighted by molar-refractivity contribution is 5.47. The van der Waals surface area contributed by atoms with Crippen molar-refractivity contribution in [3.05, 3.63) is 42.0 Å². The summed E-state index contributed by atoms with van der Waals surface area (Å²) >= 11 is 0. The quantitative estimate of drug-likeness (QED) is 0.530. The zero-order valence-corrected chi connectivity index (χ0v) is 5.46. The van der Waals surface area contributed by atoms with Gasteiger partial charge in [-0.2, -0.15) is 0 Å². The van der Waals surface area contributed by atoms with Crippen molar-refractivity contribution in [3.63, 3.8) is 0 Å². The predicted molar refractivity (Wildman–Crippen MR) is 40.0 cm³/mol. The van der Waals surface area contributed by atoms with E-state index >= 15 is 0 Å². The van der Waals surface area contributed by atoms with Crippen LogP contribution in [0.5, 0.6) is 0 Å². The van der Waals surface area contributed by atoms with E-state index in [9.17, 15) is 0 Å². The van der Waals surface area contributed by atoms with Crippen LogP contribution in [0.15, 0.2) is 30.3 Å². The molecule has 0 aliphatic rings. The molecule has 0 aromatic heterocycles. The molecule has 0 fully saturated rings. The maximum absolute atomic E-state index is 2.96. The summed E-state index contributed by atoms with van der Waals surface area (Å²) in [6, 6.07) is 10.8. The second-order valence-corrected chi connectivity index (χ2v) is 1.83. The molecular formula is C9H9. The lowest BCUT2D eigenvalue weighted by atomic mass is 10.2. The molecule has 9 heavy (non-hydrogen) atoms. The van der Waals surface area contributed by atoms with Crippen LogP contribution in [-0.4, -0.2) is 0 Å². The van der Waals surface area contributed by atoms with Gasteiger partial charge in [-0.15, -0.1) is 0 Å². The van der Waals surface area contributed by atoms with Gasteiger partial charge in [0.1, 0.15) is 0 Å². The van der Waals surface area contributed by atoms with E-state index in [1.807, 2.05) is 37.3 Å². The lowest BCUT2D eigenvalue weighted by Crippen LogP contribution is -1.65. The minimum absolute atomic E-state index is 1.23. The average molecular weight is 117 g/mol. The van der Waals surface area contributed by atoms with Crippen molar-refractivity contribution in [3.8, 4) is 0 Å². The molecule has 1 aromatic rings. The van der Waals surface area contributed by atoms with Crippen molar-refractivity contribution in [2.24, 2.45) is 0 Å². The molecule has 0 N–H and O–H groups in total. The molecular weight excluding hydrogens is 108 g/mol. The Morgan fingerprint density at radius 1 is 1.33 bits per heavy atom. The van der Waals surface area contributed by atoms with Gasteiger partial charge in [0.05, 0.1) is 0 Å². The van der Waals surface area contributed by atoms with Crippen molar-refractivity contribution in [2.45, 2.75) is 6.92 Å². The van der Waals surface area contributed by atoms with Crippen LogP contribution in [-0.2, 0) is 0 Å². The second-order valence-electron chi connectivity index (χ2n) is 1.83. The summed E-state index contributed by atoms with van der Waals surface area (Å²) in [7, 11) is 0.